The number of carbonyl (C=O) groups is 3. The van der Waals surface area contributed by atoms with E-state index in [-0.39, 0.29) is 23.3 Å². The Morgan fingerprint density at radius 3 is 2.61 bits per heavy atom. The molecule has 0 saturated carbocycles. The Labute approximate surface area is 244 Å². The maximum atomic E-state index is 13.5. The highest BCUT2D eigenvalue weighted by Gasteiger charge is 2.38. The topological polar surface area (TPSA) is 128 Å². The molecule has 11 heteroatoms. The van der Waals surface area contributed by atoms with Gasteiger partial charge in [0.2, 0.25) is 0 Å². The molecule has 5 rings (SSSR count). The Morgan fingerprint density at radius 1 is 1.15 bits per heavy atom. The summed E-state index contributed by atoms with van der Waals surface area (Å²) in [6.07, 6.45) is 3.43. The number of amides is 3. The van der Waals surface area contributed by atoms with E-state index >= 15 is 0 Å². The van der Waals surface area contributed by atoms with Crippen LogP contribution in [0.5, 0.6) is 0 Å². The van der Waals surface area contributed by atoms with Crippen molar-refractivity contribution in [1.82, 2.24) is 19.8 Å². The van der Waals surface area contributed by atoms with E-state index in [1.54, 1.807) is 22.3 Å². The fourth-order valence-corrected chi connectivity index (χ4v) is 7.05. The van der Waals surface area contributed by atoms with E-state index in [0.717, 1.165) is 46.6 Å². The Kier molecular flexibility index (Phi) is 8.02. The molecule has 1 aromatic carbocycles. The predicted octanol–water partition coefficient (Wildman–Crippen LogP) is 5.48. The summed E-state index contributed by atoms with van der Waals surface area (Å²) in [4.78, 5) is 50.9. The number of fused-ring (bicyclic) bond motifs is 1. The van der Waals surface area contributed by atoms with E-state index in [4.69, 9.17) is 10.1 Å². The number of benzene rings is 1. The second kappa shape index (κ2) is 11.4. The van der Waals surface area contributed by atoms with Gasteiger partial charge in [-0.25, -0.2) is 14.8 Å². The summed E-state index contributed by atoms with van der Waals surface area (Å²) in [6.45, 7) is 9.97. The van der Waals surface area contributed by atoms with Crippen LogP contribution in [-0.4, -0.2) is 68.5 Å². The summed E-state index contributed by atoms with van der Waals surface area (Å²) in [5.41, 5.74) is 3.05. The lowest BCUT2D eigenvalue weighted by Gasteiger charge is -2.38. The van der Waals surface area contributed by atoms with Gasteiger partial charge in [0.15, 0.2) is 0 Å². The van der Waals surface area contributed by atoms with Gasteiger partial charge in [0, 0.05) is 24.5 Å². The Morgan fingerprint density at radius 2 is 1.93 bits per heavy atom. The van der Waals surface area contributed by atoms with Crippen molar-refractivity contribution in [2.24, 2.45) is 5.92 Å². The first-order valence-corrected chi connectivity index (χ1v) is 15.0. The van der Waals surface area contributed by atoms with E-state index < -0.39 is 17.9 Å². The average molecular weight is 579 g/mol. The molecule has 3 aromatic rings. The molecule has 0 radical (unpaired) electrons. The van der Waals surface area contributed by atoms with Crippen molar-refractivity contribution in [3.05, 3.63) is 46.6 Å². The normalized spacial score (nSPS) is 22.6. The molecule has 3 atom stereocenters. The number of nitrogens with one attached hydrogen (secondary N) is 2. The number of aryl methyl sites for hydroxylation is 1. The fourth-order valence-electron chi connectivity index (χ4n) is 6.01. The molecule has 218 valence electrons. The number of likely N-dealkylation sites (tertiary alicyclic amines) is 2. The molecule has 2 saturated heterocycles. The van der Waals surface area contributed by atoms with Crippen LogP contribution in [0.15, 0.2) is 30.5 Å². The third-order valence-corrected chi connectivity index (χ3v) is 9.74. The number of pyridine rings is 1. The highest BCUT2D eigenvalue weighted by atomic mass is 32.1. The molecular formula is C30H38N6O4S. The van der Waals surface area contributed by atoms with Crippen molar-refractivity contribution in [3.63, 3.8) is 0 Å². The molecule has 2 fully saturated rings. The number of nitrogens with zero attached hydrogens (tertiary/aromatic N) is 4. The number of aromatic nitrogens is 2. The molecule has 0 bridgehead atoms. The van der Waals surface area contributed by atoms with Crippen LogP contribution < -0.4 is 10.6 Å². The first-order valence-electron chi connectivity index (χ1n) is 14.2. The van der Waals surface area contributed by atoms with Crippen LogP contribution in [0, 0.1) is 5.92 Å². The van der Waals surface area contributed by atoms with Crippen LogP contribution in [0.3, 0.4) is 0 Å². The summed E-state index contributed by atoms with van der Waals surface area (Å²) in [7, 11) is 2.17. The van der Waals surface area contributed by atoms with Crippen LogP contribution in [-0.2, 0) is 16.0 Å². The van der Waals surface area contributed by atoms with E-state index in [1.807, 2.05) is 6.92 Å². The average Bonchev–Trinajstić information content (AvgIpc) is 3.47. The van der Waals surface area contributed by atoms with Crippen molar-refractivity contribution in [2.75, 3.05) is 30.8 Å². The molecule has 4 heterocycles. The van der Waals surface area contributed by atoms with Crippen molar-refractivity contribution >= 4 is 51.0 Å². The lowest BCUT2D eigenvalue weighted by Crippen LogP contribution is -2.46. The molecular weight excluding hydrogens is 540 g/mol. The summed E-state index contributed by atoms with van der Waals surface area (Å²) in [5, 5.41) is 15.1. The Bertz CT molecular complexity index is 1490. The lowest BCUT2D eigenvalue weighted by molar-refractivity contribution is -0.146. The van der Waals surface area contributed by atoms with Crippen LogP contribution >= 0.6 is 11.3 Å². The zero-order chi connectivity index (χ0) is 29.5. The maximum absolute atomic E-state index is 13.5. The van der Waals surface area contributed by atoms with Gasteiger partial charge in [-0.2, -0.15) is 0 Å². The van der Waals surface area contributed by atoms with E-state index in [9.17, 15) is 14.4 Å². The quantitative estimate of drug-likeness (QED) is 0.342. The minimum absolute atomic E-state index is 0.152. The number of hydrogen-bond acceptors (Lipinski definition) is 7. The number of rotatable bonds is 5. The van der Waals surface area contributed by atoms with Crippen molar-refractivity contribution in [2.45, 2.75) is 70.9 Å². The largest absolute Gasteiger partial charge is 0.465 e. The lowest BCUT2D eigenvalue weighted by atomic mass is 9.89. The van der Waals surface area contributed by atoms with E-state index in [1.165, 1.54) is 6.20 Å². The maximum Gasteiger partial charge on any atom is 0.410 e. The second-order valence-electron chi connectivity index (χ2n) is 12.0. The van der Waals surface area contributed by atoms with Gasteiger partial charge in [-0.05, 0) is 81.8 Å². The van der Waals surface area contributed by atoms with E-state index in [2.05, 4.69) is 66.5 Å². The molecule has 41 heavy (non-hydrogen) atoms. The number of anilines is 2. The SMILES string of the molecule is CCc1cc(NC(=O)C(=O)N2C[C@@H](C)CC[C@@H]2c2ccc3sc(C4CN(C)C(C)(C)C4)nc3c2)cnc1NC(=O)O. The molecule has 1 unspecified atom stereocenters. The van der Waals surface area contributed by atoms with Gasteiger partial charge < -0.3 is 20.2 Å². The van der Waals surface area contributed by atoms with Gasteiger partial charge in [-0.3, -0.25) is 14.9 Å². The minimum atomic E-state index is -1.22. The van der Waals surface area contributed by atoms with Crippen molar-refractivity contribution in [3.8, 4) is 0 Å². The molecule has 0 spiro atoms. The standard InChI is InChI=1S/C30H38N6O4S/c1-6-18-11-21(14-31-25(18)34-29(39)40)32-26(37)28(38)36-15-17(2)7-9-23(36)19-8-10-24-22(12-19)33-27(41-24)20-13-30(3,4)35(5)16-20/h8,10-12,14,17,20,23H,6-7,9,13,15-16H2,1-5H3,(H,31,34)(H,32,37)(H,39,40)/t17-,20?,23+/m0/s1. The van der Waals surface area contributed by atoms with Gasteiger partial charge in [-0.1, -0.05) is 19.9 Å². The van der Waals surface area contributed by atoms with Crippen LogP contribution in [0.25, 0.3) is 10.2 Å². The minimum Gasteiger partial charge on any atom is -0.465 e. The Hall–Kier alpha value is -3.57. The molecule has 3 N–H and O–H groups in total. The number of piperidine rings is 1. The van der Waals surface area contributed by atoms with Gasteiger partial charge in [-0.15, -0.1) is 11.3 Å². The first kappa shape index (κ1) is 28.9. The predicted molar refractivity (Wildman–Crippen MR) is 160 cm³/mol. The van der Waals surface area contributed by atoms with Gasteiger partial charge in [0.25, 0.3) is 0 Å². The third kappa shape index (κ3) is 6.06. The number of carboxylic acid groups (broad SMARTS) is 1. The van der Waals surface area contributed by atoms with Crippen LogP contribution in [0.4, 0.5) is 16.3 Å². The van der Waals surface area contributed by atoms with Crippen LogP contribution in [0.2, 0.25) is 0 Å². The van der Waals surface area contributed by atoms with Gasteiger partial charge in [0.05, 0.1) is 33.2 Å². The zero-order valence-corrected chi connectivity index (χ0v) is 25.0. The Balaban J connectivity index is 1.35. The van der Waals surface area contributed by atoms with Gasteiger partial charge >= 0.3 is 17.9 Å². The highest BCUT2D eigenvalue weighted by Crippen LogP contribution is 2.41. The van der Waals surface area contributed by atoms with E-state index in [0.29, 0.717) is 30.1 Å². The third-order valence-electron chi connectivity index (χ3n) is 8.54. The summed E-state index contributed by atoms with van der Waals surface area (Å²) < 4.78 is 1.14. The number of thiazole rings is 1. The molecule has 3 amide bonds. The second-order valence-corrected chi connectivity index (χ2v) is 13.1. The zero-order valence-electron chi connectivity index (χ0n) is 24.2. The molecule has 10 nitrogen and oxygen atoms in total. The first-order chi connectivity index (χ1) is 19.4. The molecule has 2 aromatic heterocycles. The van der Waals surface area contributed by atoms with Crippen molar-refractivity contribution in [1.29, 1.82) is 0 Å². The summed E-state index contributed by atoms with van der Waals surface area (Å²) in [5.74, 6) is -0.446. The smallest absolute Gasteiger partial charge is 0.410 e. The highest BCUT2D eigenvalue weighted by molar-refractivity contribution is 7.18. The molecule has 2 aliphatic rings. The molecule has 0 aliphatic carbocycles. The van der Waals surface area contributed by atoms with Crippen molar-refractivity contribution < 1.29 is 19.5 Å². The monoisotopic (exact) mass is 578 g/mol. The number of hydrogen-bond donors (Lipinski definition) is 3. The molecule has 2 aliphatic heterocycles. The summed E-state index contributed by atoms with van der Waals surface area (Å²) >= 11 is 1.75. The fraction of sp³-hybridized carbons (Fsp3) is 0.500. The van der Waals surface area contributed by atoms with Gasteiger partial charge in [0.1, 0.15) is 5.82 Å². The van der Waals surface area contributed by atoms with Crippen LogP contribution in [0.1, 0.15) is 75.1 Å². The number of carbonyl (C=O) groups excluding carboxylic acids is 2. The number of likely N-dealkylation sites (N-methyl/N-ethyl adjacent to an activating group) is 1. The summed E-state index contributed by atoms with van der Waals surface area (Å²) in [6, 6.07) is 7.67.